The fourth-order valence-corrected chi connectivity index (χ4v) is 2.64. The molecule has 0 atom stereocenters. The molecule has 0 N–H and O–H groups in total. The summed E-state index contributed by atoms with van der Waals surface area (Å²) in [6.07, 6.45) is 3.27. The quantitative estimate of drug-likeness (QED) is 0.699. The number of hydrogen-bond acceptors (Lipinski definition) is 2. The van der Waals surface area contributed by atoms with Crippen LogP contribution in [0.15, 0.2) is 71.6 Å². The topological polar surface area (TPSA) is 38.1 Å². The average molecular weight is 370 g/mol. The van der Waals surface area contributed by atoms with Gasteiger partial charge in [-0.1, -0.05) is 46.3 Å². The summed E-state index contributed by atoms with van der Waals surface area (Å²) >= 11 is 3.42. The van der Waals surface area contributed by atoms with Crippen molar-refractivity contribution >= 4 is 21.8 Å². The van der Waals surface area contributed by atoms with Crippen molar-refractivity contribution in [2.75, 3.05) is 7.05 Å². The second kappa shape index (κ2) is 6.79. The summed E-state index contributed by atoms with van der Waals surface area (Å²) in [6.45, 7) is 0.548. The molecule has 2 aromatic carbocycles. The van der Waals surface area contributed by atoms with Crippen LogP contribution in [0.1, 0.15) is 16.1 Å². The van der Waals surface area contributed by atoms with Crippen LogP contribution >= 0.6 is 15.9 Å². The van der Waals surface area contributed by atoms with Gasteiger partial charge in [-0.3, -0.25) is 9.36 Å². The molecule has 0 aliphatic heterocycles. The molecule has 1 amide bonds. The van der Waals surface area contributed by atoms with Crippen LogP contribution in [0.2, 0.25) is 0 Å². The van der Waals surface area contributed by atoms with Crippen LogP contribution in [-0.2, 0) is 6.54 Å². The molecule has 4 nitrogen and oxygen atoms in total. The van der Waals surface area contributed by atoms with Gasteiger partial charge in [-0.25, -0.2) is 4.98 Å². The normalized spacial score (nSPS) is 10.5. The van der Waals surface area contributed by atoms with Crippen molar-refractivity contribution in [2.24, 2.45) is 0 Å². The Balaban J connectivity index is 1.81. The van der Waals surface area contributed by atoms with Gasteiger partial charge in [0.15, 0.2) is 0 Å². The summed E-state index contributed by atoms with van der Waals surface area (Å²) in [5, 5.41) is 0. The van der Waals surface area contributed by atoms with E-state index in [-0.39, 0.29) is 5.91 Å². The molecule has 0 unspecified atom stereocenters. The molecule has 0 bridgehead atoms. The average Bonchev–Trinajstić information content (AvgIpc) is 3.06. The maximum atomic E-state index is 12.7. The molecular weight excluding hydrogens is 354 g/mol. The Morgan fingerprint density at radius 2 is 1.83 bits per heavy atom. The van der Waals surface area contributed by atoms with Crippen molar-refractivity contribution in [1.29, 1.82) is 0 Å². The predicted molar refractivity (Wildman–Crippen MR) is 93.5 cm³/mol. The van der Waals surface area contributed by atoms with Crippen LogP contribution in [0.25, 0.3) is 5.69 Å². The van der Waals surface area contributed by atoms with Crippen molar-refractivity contribution in [3.63, 3.8) is 0 Å². The second-order valence-corrected chi connectivity index (χ2v) is 6.19. The zero-order valence-corrected chi connectivity index (χ0v) is 14.3. The maximum Gasteiger partial charge on any atom is 0.272 e. The van der Waals surface area contributed by atoms with Gasteiger partial charge in [-0.2, -0.15) is 0 Å². The number of halogens is 1. The molecule has 0 saturated carbocycles. The number of rotatable bonds is 4. The fourth-order valence-electron chi connectivity index (χ4n) is 2.38. The highest BCUT2D eigenvalue weighted by Gasteiger charge is 2.17. The Morgan fingerprint density at radius 1 is 1.13 bits per heavy atom. The summed E-state index contributed by atoms with van der Waals surface area (Å²) in [6, 6.07) is 17.7. The van der Waals surface area contributed by atoms with Crippen LogP contribution in [0, 0.1) is 0 Å². The van der Waals surface area contributed by atoms with E-state index in [0.29, 0.717) is 12.2 Å². The third-order valence-electron chi connectivity index (χ3n) is 3.57. The van der Waals surface area contributed by atoms with Gasteiger partial charge in [0.2, 0.25) is 0 Å². The Hall–Kier alpha value is -2.40. The minimum atomic E-state index is -0.0609. The van der Waals surface area contributed by atoms with E-state index in [9.17, 15) is 4.79 Å². The van der Waals surface area contributed by atoms with E-state index in [1.165, 1.54) is 0 Å². The summed E-state index contributed by atoms with van der Waals surface area (Å²) < 4.78 is 2.83. The van der Waals surface area contributed by atoms with Crippen LogP contribution in [-0.4, -0.2) is 27.4 Å². The molecule has 1 aromatic heterocycles. The van der Waals surface area contributed by atoms with E-state index in [1.807, 2.05) is 54.6 Å². The van der Waals surface area contributed by atoms with Gasteiger partial charge < -0.3 is 4.90 Å². The maximum absolute atomic E-state index is 12.7. The van der Waals surface area contributed by atoms with Gasteiger partial charge in [0, 0.05) is 23.8 Å². The van der Waals surface area contributed by atoms with Gasteiger partial charge in [0.05, 0.1) is 12.5 Å². The lowest BCUT2D eigenvalue weighted by molar-refractivity contribution is 0.0777. The minimum absolute atomic E-state index is 0.0609. The number of carbonyl (C=O) groups excluding carboxylic acids is 1. The van der Waals surface area contributed by atoms with E-state index in [0.717, 1.165) is 15.7 Å². The number of carbonyl (C=O) groups is 1. The number of aromatic nitrogens is 2. The molecule has 1 heterocycles. The Kier molecular flexibility index (Phi) is 4.57. The first kappa shape index (κ1) is 15.5. The molecule has 23 heavy (non-hydrogen) atoms. The summed E-state index contributed by atoms with van der Waals surface area (Å²) in [5.41, 5.74) is 2.55. The number of amides is 1. The van der Waals surface area contributed by atoms with Crippen LogP contribution < -0.4 is 0 Å². The van der Waals surface area contributed by atoms with E-state index in [2.05, 4.69) is 20.9 Å². The van der Waals surface area contributed by atoms with Crippen molar-refractivity contribution < 1.29 is 4.79 Å². The van der Waals surface area contributed by atoms with Gasteiger partial charge in [0.1, 0.15) is 5.69 Å². The largest absolute Gasteiger partial charge is 0.336 e. The first-order valence-electron chi connectivity index (χ1n) is 7.23. The Morgan fingerprint density at radius 3 is 2.52 bits per heavy atom. The predicted octanol–water partition coefficient (Wildman–Crippen LogP) is 3.91. The molecule has 3 aromatic rings. The van der Waals surface area contributed by atoms with Crippen molar-refractivity contribution in [2.45, 2.75) is 6.54 Å². The smallest absolute Gasteiger partial charge is 0.272 e. The van der Waals surface area contributed by atoms with Crippen LogP contribution in [0.4, 0.5) is 0 Å². The molecule has 0 fully saturated rings. The number of nitrogens with zero attached hydrogens (tertiary/aromatic N) is 3. The fraction of sp³-hybridized carbons (Fsp3) is 0.111. The highest BCUT2D eigenvalue weighted by molar-refractivity contribution is 9.10. The van der Waals surface area contributed by atoms with Crippen molar-refractivity contribution in [1.82, 2.24) is 14.5 Å². The molecule has 0 saturated heterocycles. The SMILES string of the molecule is CN(Cc1ccc(Br)cc1)C(=O)c1cncn1-c1ccccc1. The zero-order chi connectivity index (χ0) is 16.2. The summed E-state index contributed by atoms with van der Waals surface area (Å²) in [4.78, 5) is 18.6. The first-order valence-corrected chi connectivity index (χ1v) is 8.02. The van der Waals surface area contributed by atoms with E-state index in [1.54, 1.807) is 29.0 Å². The van der Waals surface area contributed by atoms with Gasteiger partial charge >= 0.3 is 0 Å². The molecule has 0 radical (unpaired) electrons. The number of imidazole rings is 1. The highest BCUT2D eigenvalue weighted by Crippen LogP contribution is 2.15. The van der Waals surface area contributed by atoms with E-state index in [4.69, 9.17) is 0 Å². The standard InChI is InChI=1S/C18H16BrN3O/c1-21(12-14-7-9-15(19)10-8-14)18(23)17-11-20-13-22(17)16-5-3-2-4-6-16/h2-11,13H,12H2,1H3. The summed E-state index contributed by atoms with van der Waals surface area (Å²) in [7, 11) is 1.80. The van der Waals surface area contributed by atoms with Crippen molar-refractivity contribution in [3.05, 3.63) is 82.9 Å². The van der Waals surface area contributed by atoms with Gasteiger partial charge in [-0.15, -0.1) is 0 Å². The monoisotopic (exact) mass is 369 g/mol. The minimum Gasteiger partial charge on any atom is -0.336 e. The third-order valence-corrected chi connectivity index (χ3v) is 4.10. The lowest BCUT2D eigenvalue weighted by Crippen LogP contribution is -2.28. The van der Waals surface area contributed by atoms with Gasteiger partial charge in [0.25, 0.3) is 5.91 Å². The molecule has 0 aliphatic carbocycles. The molecule has 0 spiro atoms. The van der Waals surface area contributed by atoms with E-state index >= 15 is 0 Å². The molecule has 0 aliphatic rings. The molecule has 3 rings (SSSR count). The molecular formula is C18H16BrN3O. The van der Waals surface area contributed by atoms with Crippen molar-refractivity contribution in [3.8, 4) is 5.69 Å². The highest BCUT2D eigenvalue weighted by atomic mass is 79.9. The molecule has 5 heteroatoms. The number of hydrogen-bond donors (Lipinski definition) is 0. The van der Waals surface area contributed by atoms with Crippen LogP contribution in [0.3, 0.4) is 0 Å². The lowest BCUT2D eigenvalue weighted by Gasteiger charge is -2.18. The van der Waals surface area contributed by atoms with Gasteiger partial charge in [-0.05, 0) is 29.8 Å². The van der Waals surface area contributed by atoms with Crippen LogP contribution in [0.5, 0.6) is 0 Å². The summed E-state index contributed by atoms with van der Waals surface area (Å²) in [5.74, 6) is -0.0609. The second-order valence-electron chi connectivity index (χ2n) is 5.27. The molecule has 116 valence electrons. The number of para-hydroxylation sites is 1. The zero-order valence-electron chi connectivity index (χ0n) is 12.7. The van der Waals surface area contributed by atoms with E-state index < -0.39 is 0 Å². The third kappa shape index (κ3) is 3.51. The Bertz CT molecular complexity index is 797. The lowest BCUT2D eigenvalue weighted by atomic mass is 10.2. The number of benzene rings is 2. The first-order chi connectivity index (χ1) is 11.1. The Labute approximate surface area is 143 Å².